The Morgan fingerprint density at radius 2 is 1.96 bits per heavy atom. The molecule has 2 saturated heterocycles. The summed E-state index contributed by atoms with van der Waals surface area (Å²) in [7, 11) is 0. The van der Waals surface area contributed by atoms with Crippen molar-refractivity contribution in [3.8, 4) is 0 Å². The monoisotopic (exact) mass is 347 g/mol. The third-order valence-corrected chi connectivity index (χ3v) is 5.74. The van der Waals surface area contributed by atoms with Crippen LogP contribution in [0.15, 0.2) is 12.4 Å². The minimum absolute atomic E-state index is 0.0114. The SMILES string of the molecule is O=C(Nc1cnn(C[C@H]2CCCO2)c1)N1CCN(C2CCCC2)CC1. The van der Waals surface area contributed by atoms with Gasteiger partial charge in [-0.25, -0.2) is 4.79 Å². The first-order valence-electron chi connectivity index (χ1n) is 9.72. The highest BCUT2D eigenvalue weighted by Gasteiger charge is 2.28. The molecule has 0 bridgehead atoms. The summed E-state index contributed by atoms with van der Waals surface area (Å²) in [5.74, 6) is 0. The lowest BCUT2D eigenvalue weighted by Crippen LogP contribution is -2.52. The highest BCUT2D eigenvalue weighted by Crippen LogP contribution is 2.24. The first kappa shape index (κ1) is 16.8. The molecular formula is C18H29N5O2. The molecule has 1 aromatic rings. The summed E-state index contributed by atoms with van der Waals surface area (Å²) in [6.07, 6.45) is 11.5. The smallest absolute Gasteiger partial charge is 0.322 e. The van der Waals surface area contributed by atoms with Crippen LogP contribution in [0.4, 0.5) is 10.5 Å². The summed E-state index contributed by atoms with van der Waals surface area (Å²) in [6.45, 7) is 5.23. The van der Waals surface area contributed by atoms with Crippen molar-refractivity contribution in [2.75, 3.05) is 38.1 Å². The average Bonchev–Trinajstić information content (AvgIpc) is 3.38. The van der Waals surface area contributed by atoms with Gasteiger partial charge in [-0.05, 0) is 25.7 Å². The number of urea groups is 1. The molecule has 25 heavy (non-hydrogen) atoms. The number of nitrogens with one attached hydrogen (secondary N) is 1. The first-order valence-corrected chi connectivity index (χ1v) is 9.72. The molecule has 0 radical (unpaired) electrons. The Kier molecular flexibility index (Phi) is 5.22. The van der Waals surface area contributed by atoms with Crippen LogP contribution in [0.3, 0.4) is 0 Å². The molecule has 1 atom stereocenters. The van der Waals surface area contributed by atoms with Gasteiger partial charge in [-0.15, -0.1) is 0 Å². The Morgan fingerprint density at radius 1 is 1.16 bits per heavy atom. The summed E-state index contributed by atoms with van der Waals surface area (Å²) >= 11 is 0. The van der Waals surface area contributed by atoms with Gasteiger partial charge in [0.05, 0.1) is 24.5 Å². The van der Waals surface area contributed by atoms with E-state index < -0.39 is 0 Å². The average molecular weight is 347 g/mol. The van der Waals surface area contributed by atoms with E-state index in [1.165, 1.54) is 25.7 Å². The number of hydrogen-bond donors (Lipinski definition) is 1. The van der Waals surface area contributed by atoms with Crippen LogP contribution in [0.5, 0.6) is 0 Å². The summed E-state index contributed by atoms with van der Waals surface area (Å²) < 4.78 is 7.50. The maximum absolute atomic E-state index is 12.5. The summed E-state index contributed by atoms with van der Waals surface area (Å²) in [4.78, 5) is 17.0. The maximum atomic E-state index is 12.5. The minimum Gasteiger partial charge on any atom is -0.376 e. The van der Waals surface area contributed by atoms with Gasteiger partial charge in [0.25, 0.3) is 0 Å². The van der Waals surface area contributed by atoms with Crippen LogP contribution < -0.4 is 5.32 Å². The number of carbonyl (C=O) groups is 1. The molecule has 7 heteroatoms. The molecule has 0 spiro atoms. The molecule has 3 aliphatic rings. The van der Waals surface area contributed by atoms with E-state index in [9.17, 15) is 4.79 Å². The van der Waals surface area contributed by atoms with E-state index in [-0.39, 0.29) is 12.1 Å². The lowest BCUT2D eigenvalue weighted by molar-refractivity contribution is 0.0940. The predicted octanol–water partition coefficient (Wildman–Crippen LogP) is 2.15. The standard InChI is InChI=1S/C18H29N5O2/c24-18(22-9-7-21(8-10-22)16-4-1-2-5-16)20-15-12-19-23(13-15)14-17-6-3-11-25-17/h12-13,16-17H,1-11,14H2,(H,20,24)/t17-/m1/s1. The minimum atomic E-state index is -0.0114. The lowest BCUT2D eigenvalue weighted by Gasteiger charge is -2.37. The number of nitrogens with zero attached hydrogens (tertiary/aromatic N) is 4. The molecule has 3 heterocycles. The predicted molar refractivity (Wildman–Crippen MR) is 95.6 cm³/mol. The van der Waals surface area contributed by atoms with Crippen molar-refractivity contribution in [1.82, 2.24) is 19.6 Å². The summed E-state index contributed by atoms with van der Waals surface area (Å²) in [6, 6.07) is 0.740. The van der Waals surface area contributed by atoms with Crippen molar-refractivity contribution in [1.29, 1.82) is 0 Å². The zero-order valence-corrected chi connectivity index (χ0v) is 14.9. The van der Waals surface area contributed by atoms with E-state index in [1.54, 1.807) is 6.20 Å². The van der Waals surface area contributed by atoms with Crippen molar-refractivity contribution in [2.24, 2.45) is 0 Å². The molecule has 2 aliphatic heterocycles. The second kappa shape index (κ2) is 7.74. The second-order valence-corrected chi connectivity index (χ2v) is 7.48. The van der Waals surface area contributed by atoms with Crippen molar-refractivity contribution >= 4 is 11.7 Å². The van der Waals surface area contributed by atoms with Gasteiger partial charge in [0.2, 0.25) is 0 Å². The molecule has 1 saturated carbocycles. The van der Waals surface area contributed by atoms with Crippen LogP contribution >= 0.6 is 0 Å². The first-order chi connectivity index (χ1) is 12.3. The van der Waals surface area contributed by atoms with Gasteiger partial charge in [0, 0.05) is 45.0 Å². The summed E-state index contributed by atoms with van der Waals surface area (Å²) in [5.41, 5.74) is 0.765. The molecule has 0 aromatic carbocycles. The molecule has 2 amide bonds. The Bertz CT molecular complexity index is 570. The van der Waals surface area contributed by atoms with E-state index in [1.807, 2.05) is 15.8 Å². The van der Waals surface area contributed by atoms with Crippen molar-refractivity contribution in [2.45, 2.75) is 57.2 Å². The zero-order chi connectivity index (χ0) is 17.1. The Morgan fingerprint density at radius 3 is 2.68 bits per heavy atom. The van der Waals surface area contributed by atoms with E-state index in [0.29, 0.717) is 0 Å². The number of hydrogen-bond acceptors (Lipinski definition) is 4. The number of rotatable bonds is 4. The van der Waals surface area contributed by atoms with Gasteiger partial charge in [0.1, 0.15) is 0 Å². The zero-order valence-electron chi connectivity index (χ0n) is 14.9. The van der Waals surface area contributed by atoms with Crippen LogP contribution in [0, 0.1) is 0 Å². The van der Waals surface area contributed by atoms with Crippen LogP contribution in [0.25, 0.3) is 0 Å². The van der Waals surface area contributed by atoms with Crippen molar-refractivity contribution in [3.63, 3.8) is 0 Å². The van der Waals surface area contributed by atoms with Gasteiger partial charge in [-0.3, -0.25) is 9.58 Å². The van der Waals surface area contributed by atoms with Crippen LogP contribution in [0.1, 0.15) is 38.5 Å². The third-order valence-electron chi connectivity index (χ3n) is 5.74. The fourth-order valence-electron chi connectivity index (χ4n) is 4.29. The largest absolute Gasteiger partial charge is 0.376 e. The van der Waals surface area contributed by atoms with Gasteiger partial charge in [-0.1, -0.05) is 12.8 Å². The molecule has 138 valence electrons. The number of carbonyl (C=O) groups excluding carboxylic acids is 1. The molecular weight excluding hydrogens is 318 g/mol. The van der Waals surface area contributed by atoms with Crippen LogP contribution in [0.2, 0.25) is 0 Å². The van der Waals surface area contributed by atoms with E-state index in [0.717, 1.165) is 63.9 Å². The van der Waals surface area contributed by atoms with E-state index in [4.69, 9.17) is 4.74 Å². The Hall–Kier alpha value is -1.60. The van der Waals surface area contributed by atoms with Gasteiger partial charge >= 0.3 is 6.03 Å². The van der Waals surface area contributed by atoms with Crippen molar-refractivity contribution < 1.29 is 9.53 Å². The quantitative estimate of drug-likeness (QED) is 0.907. The number of anilines is 1. The molecule has 1 aliphatic carbocycles. The molecule has 4 rings (SSSR count). The highest BCUT2D eigenvalue weighted by atomic mass is 16.5. The molecule has 1 N–H and O–H groups in total. The fourth-order valence-corrected chi connectivity index (χ4v) is 4.29. The third kappa shape index (κ3) is 4.15. The van der Waals surface area contributed by atoms with E-state index in [2.05, 4.69) is 15.3 Å². The van der Waals surface area contributed by atoms with Gasteiger partial charge in [-0.2, -0.15) is 5.10 Å². The second-order valence-electron chi connectivity index (χ2n) is 7.48. The highest BCUT2D eigenvalue weighted by molar-refractivity contribution is 5.89. The van der Waals surface area contributed by atoms with Gasteiger partial charge in [0.15, 0.2) is 0 Å². The molecule has 1 aromatic heterocycles. The number of amides is 2. The number of ether oxygens (including phenoxy) is 1. The topological polar surface area (TPSA) is 62.6 Å². The maximum Gasteiger partial charge on any atom is 0.322 e. The van der Waals surface area contributed by atoms with E-state index >= 15 is 0 Å². The molecule has 0 unspecified atom stereocenters. The number of aromatic nitrogens is 2. The van der Waals surface area contributed by atoms with Crippen LogP contribution in [-0.4, -0.2) is 70.5 Å². The summed E-state index contributed by atoms with van der Waals surface area (Å²) in [5, 5.41) is 7.32. The molecule has 7 nitrogen and oxygen atoms in total. The normalized spacial score (nSPS) is 25.6. The fraction of sp³-hybridized carbons (Fsp3) is 0.778. The van der Waals surface area contributed by atoms with Crippen molar-refractivity contribution in [3.05, 3.63) is 12.4 Å². The number of piperazine rings is 1. The Labute approximate surface area is 149 Å². The van der Waals surface area contributed by atoms with Crippen LogP contribution in [-0.2, 0) is 11.3 Å². The molecule has 3 fully saturated rings. The lowest BCUT2D eigenvalue weighted by atomic mass is 10.2. The van der Waals surface area contributed by atoms with Gasteiger partial charge < -0.3 is 15.0 Å². The Balaban J connectivity index is 1.24.